The summed E-state index contributed by atoms with van der Waals surface area (Å²) in [5.74, 6) is 0.937. The van der Waals surface area contributed by atoms with Gasteiger partial charge in [-0.3, -0.25) is 20.4 Å². The lowest BCUT2D eigenvalue weighted by Crippen LogP contribution is -2.43. The summed E-state index contributed by atoms with van der Waals surface area (Å²) >= 11 is 14.5. The van der Waals surface area contributed by atoms with Gasteiger partial charge < -0.3 is 9.47 Å². The van der Waals surface area contributed by atoms with Crippen molar-refractivity contribution in [1.82, 2.24) is 10.9 Å². The number of fused-ring (bicyclic) bond motifs is 1. The summed E-state index contributed by atoms with van der Waals surface area (Å²) < 4.78 is 11.0. The zero-order valence-electron chi connectivity index (χ0n) is 14.5. The van der Waals surface area contributed by atoms with E-state index < -0.39 is 0 Å². The summed E-state index contributed by atoms with van der Waals surface area (Å²) in [5, 5.41) is 1.05. The van der Waals surface area contributed by atoms with E-state index in [2.05, 4.69) is 10.9 Å². The molecule has 0 radical (unpaired) electrons. The first-order valence-corrected chi connectivity index (χ1v) is 10.9. The highest BCUT2D eigenvalue weighted by Crippen LogP contribution is 2.34. The molecule has 10 heteroatoms. The van der Waals surface area contributed by atoms with Crippen molar-refractivity contribution >= 4 is 58.5 Å². The topological polar surface area (TPSA) is 76.7 Å². The molecule has 2 aromatic carbocycles. The Hall–Kier alpha value is -1.74. The van der Waals surface area contributed by atoms with E-state index in [0.29, 0.717) is 39.7 Å². The highest BCUT2D eigenvalue weighted by Gasteiger charge is 2.13. The van der Waals surface area contributed by atoms with Crippen molar-refractivity contribution in [2.75, 3.05) is 24.7 Å². The minimum absolute atomic E-state index is 0.0929. The van der Waals surface area contributed by atoms with Crippen LogP contribution in [-0.4, -0.2) is 36.5 Å². The molecule has 28 heavy (non-hydrogen) atoms. The van der Waals surface area contributed by atoms with Gasteiger partial charge in [0, 0.05) is 14.8 Å². The minimum Gasteiger partial charge on any atom is -0.486 e. The standard InChI is InChI=1S/C18H16Cl2N2O4S2/c19-11-1-3-13(20)16(7-11)28-10-18(24)22-21-17(23)9-27-12-2-4-14-15(8-12)26-6-5-25-14/h1-4,7-8H,5-6,9-10H2,(H,21,23)(H,22,24). The Morgan fingerprint density at radius 2 is 1.57 bits per heavy atom. The highest BCUT2D eigenvalue weighted by molar-refractivity contribution is 8.00. The van der Waals surface area contributed by atoms with Crippen LogP contribution >= 0.6 is 46.7 Å². The number of halogens is 2. The maximum Gasteiger partial charge on any atom is 0.248 e. The molecule has 0 saturated carbocycles. The van der Waals surface area contributed by atoms with Gasteiger partial charge in [0.25, 0.3) is 0 Å². The summed E-state index contributed by atoms with van der Waals surface area (Å²) in [6, 6.07) is 10.5. The molecule has 0 spiro atoms. The van der Waals surface area contributed by atoms with Crippen LogP contribution in [-0.2, 0) is 9.59 Å². The fraction of sp³-hybridized carbons (Fsp3) is 0.222. The average Bonchev–Trinajstić information content (AvgIpc) is 2.71. The lowest BCUT2D eigenvalue weighted by Gasteiger charge is -2.18. The van der Waals surface area contributed by atoms with E-state index in [0.717, 1.165) is 4.90 Å². The number of nitrogens with one attached hydrogen (secondary N) is 2. The van der Waals surface area contributed by atoms with Crippen LogP contribution in [0.2, 0.25) is 10.0 Å². The van der Waals surface area contributed by atoms with Gasteiger partial charge in [0.2, 0.25) is 11.8 Å². The SMILES string of the molecule is O=C(CSc1ccc2c(c1)OCCO2)NNC(=O)CSc1cc(Cl)ccc1Cl. The zero-order valence-corrected chi connectivity index (χ0v) is 17.6. The van der Waals surface area contributed by atoms with E-state index >= 15 is 0 Å². The van der Waals surface area contributed by atoms with E-state index in [4.69, 9.17) is 32.7 Å². The van der Waals surface area contributed by atoms with Crippen molar-refractivity contribution in [3.63, 3.8) is 0 Å². The summed E-state index contributed by atoms with van der Waals surface area (Å²) in [5.41, 5.74) is 4.77. The molecular formula is C18H16Cl2N2O4S2. The smallest absolute Gasteiger partial charge is 0.248 e. The molecule has 2 N–H and O–H groups in total. The molecule has 0 aliphatic carbocycles. The summed E-state index contributed by atoms with van der Waals surface area (Å²) in [6.07, 6.45) is 0. The van der Waals surface area contributed by atoms with Crippen LogP contribution in [0.15, 0.2) is 46.2 Å². The van der Waals surface area contributed by atoms with Crippen LogP contribution in [0.1, 0.15) is 0 Å². The summed E-state index contributed by atoms with van der Waals surface area (Å²) in [7, 11) is 0. The molecule has 2 aromatic rings. The second-order valence-corrected chi connectivity index (χ2v) is 8.46. The van der Waals surface area contributed by atoms with Crippen LogP contribution in [0.4, 0.5) is 0 Å². The number of benzene rings is 2. The van der Waals surface area contributed by atoms with Crippen LogP contribution in [0, 0.1) is 0 Å². The molecule has 1 aliphatic heterocycles. The molecule has 0 saturated heterocycles. The lowest BCUT2D eigenvalue weighted by atomic mass is 10.3. The van der Waals surface area contributed by atoms with Gasteiger partial charge in [-0.2, -0.15) is 0 Å². The number of hydrogen-bond donors (Lipinski definition) is 2. The predicted molar refractivity (Wildman–Crippen MR) is 112 cm³/mol. The van der Waals surface area contributed by atoms with Gasteiger partial charge in [-0.25, -0.2) is 0 Å². The minimum atomic E-state index is -0.348. The van der Waals surface area contributed by atoms with Gasteiger partial charge in [0.15, 0.2) is 11.5 Å². The van der Waals surface area contributed by atoms with Gasteiger partial charge >= 0.3 is 0 Å². The monoisotopic (exact) mass is 458 g/mol. The number of thioether (sulfide) groups is 2. The number of hydrazine groups is 1. The Morgan fingerprint density at radius 1 is 0.893 bits per heavy atom. The third kappa shape index (κ3) is 6.13. The molecule has 3 rings (SSSR count). The first-order chi connectivity index (χ1) is 13.5. The summed E-state index contributed by atoms with van der Waals surface area (Å²) in [6.45, 7) is 1.04. The maximum absolute atomic E-state index is 11.9. The molecule has 0 atom stereocenters. The van der Waals surface area contributed by atoms with Crippen molar-refractivity contribution in [1.29, 1.82) is 0 Å². The van der Waals surface area contributed by atoms with Crippen molar-refractivity contribution < 1.29 is 19.1 Å². The molecule has 1 aliphatic rings. The van der Waals surface area contributed by atoms with Gasteiger partial charge in [-0.1, -0.05) is 23.2 Å². The maximum atomic E-state index is 11.9. The molecule has 0 aromatic heterocycles. The Labute approximate surface area is 180 Å². The fourth-order valence-electron chi connectivity index (χ4n) is 2.21. The average molecular weight is 459 g/mol. The molecule has 0 unspecified atom stereocenters. The first kappa shape index (κ1) is 21.0. The summed E-state index contributed by atoms with van der Waals surface area (Å²) in [4.78, 5) is 25.4. The van der Waals surface area contributed by atoms with E-state index in [9.17, 15) is 9.59 Å². The Kier molecular flexibility index (Phi) is 7.61. The third-order valence-electron chi connectivity index (χ3n) is 3.48. The molecule has 0 fully saturated rings. The fourth-order valence-corrected chi connectivity index (χ4v) is 4.22. The van der Waals surface area contributed by atoms with Crippen LogP contribution < -0.4 is 20.3 Å². The number of carbonyl (C=O) groups is 2. The first-order valence-electron chi connectivity index (χ1n) is 8.19. The molecule has 148 valence electrons. The molecule has 6 nitrogen and oxygen atoms in total. The van der Waals surface area contributed by atoms with Crippen LogP contribution in [0.3, 0.4) is 0 Å². The van der Waals surface area contributed by atoms with Gasteiger partial charge in [-0.05, 0) is 36.4 Å². The third-order valence-corrected chi connectivity index (χ3v) is 6.20. The number of amides is 2. The van der Waals surface area contributed by atoms with Crippen LogP contribution in [0.5, 0.6) is 11.5 Å². The lowest BCUT2D eigenvalue weighted by molar-refractivity contribution is -0.126. The van der Waals surface area contributed by atoms with E-state index in [1.807, 2.05) is 18.2 Å². The largest absolute Gasteiger partial charge is 0.486 e. The van der Waals surface area contributed by atoms with E-state index in [1.165, 1.54) is 23.5 Å². The van der Waals surface area contributed by atoms with Crippen molar-refractivity contribution in [2.24, 2.45) is 0 Å². The van der Waals surface area contributed by atoms with E-state index in [1.54, 1.807) is 18.2 Å². The second kappa shape index (κ2) is 10.2. The molecule has 1 heterocycles. The zero-order chi connectivity index (χ0) is 19.9. The normalized spacial score (nSPS) is 12.4. The van der Waals surface area contributed by atoms with Crippen molar-refractivity contribution in [3.05, 3.63) is 46.4 Å². The second-order valence-electron chi connectivity index (χ2n) is 5.55. The van der Waals surface area contributed by atoms with Crippen LogP contribution in [0.25, 0.3) is 0 Å². The number of rotatable bonds is 6. The van der Waals surface area contributed by atoms with Gasteiger partial charge in [0.05, 0.1) is 16.5 Å². The Balaban J connectivity index is 1.39. The van der Waals surface area contributed by atoms with Crippen molar-refractivity contribution in [3.8, 4) is 11.5 Å². The molecular weight excluding hydrogens is 443 g/mol. The van der Waals surface area contributed by atoms with Crippen molar-refractivity contribution in [2.45, 2.75) is 9.79 Å². The quantitative estimate of drug-likeness (QED) is 0.506. The molecule has 0 bridgehead atoms. The van der Waals surface area contributed by atoms with E-state index in [-0.39, 0.29) is 23.3 Å². The molecule has 2 amide bonds. The number of ether oxygens (including phenoxy) is 2. The van der Waals surface area contributed by atoms with Gasteiger partial charge in [0.1, 0.15) is 13.2 Å². The predicted octanol–water partition coefficient (Wildman–Crippen LogP) is 3.80. The highest BCUT2D eigenvalue weighted by atomic mass is 35.5. The Morgan fingerprint density at radius 3 is 2.32 bits per heavy atom. The number of carbonyl (C=O) groups excluding carboxylic acids is 2. The number of hydrogen-bond acceptors (Lipinski definition) is 6. The van der Waals surface area contributed by atoms with Gasteiger partial charge in [-0.15, -0.1) is 23.5 Å². The Bertz CT molecular complexity index is 883.